The van der Waals surface area contributed by atoms with Crippen molar-refractivity contribution in [1.82, 2.24) is 14.9 Å². The monoisotopic (exact) mass is 286 g/mol. The first-order valence-electron chi connectivity index (χ1n) is 6.64. The van der Waals surface area contributed by atoms with Gasteiger partial charge >= 0.3 is 6.01 Å². The van der Waals surface area contributed by atoms with E-state index in [1.807, 2.05) is 0 Å². The summed E-state index contributed by atoms with van der Waals surface area (Å²) < 4.78 is 6.25. The minimum Gasteiger partial charge on any atom is -0.619 e. The Labute approximate surface area is 121 Å². The summed E-state index contributed by atoms with van der Waals surface area (Å²) in [4.78, 5) is 22.0. The zero-order valence-electron chi connectivity index (χ0n) is 11.3. The van der Waals surface area contributed by atoms with E-state index in [9.17, 15) is 10.0 Å². The molecule has 1 atom stereocenters. The van der Waals surface area contributed by atoms with Crippen LogP contribution >= 0.6 is 0 Å². The summed E-state index contributed by atoms with van der Waals surface area (Å²) in [5.41, 5.74) is 0.379. The van der Waals surface area contributed by atoms with Crippen LogP contribution in [0.5, 0.6) is 6.01 Å². The van der Waals surface area contributed by atoms with E-state index in [-0.39, 0.29) is 12.0 Å². The number of ether oxygens (including phenoxy) is 1. The van der Waals surface area contributed by atoms with Crippen molar-refractivity contribution < 1.29 is 14.3 Å². The van der Waals surface area contributed by atoms with Crippen LogP contribution in [0.15, 0.2) is 43.0 Å². The molecule has 3 rings (SSSR count). The Balaban J connectivity index is 1.63. The van der Waals surface area contributed by atoms with Crippen molar-refractivity contribution in [3.63, 3.8) is 0 Å². The van der Waals surface area contributed by atoms with Gasteiger partial charge in [0.05, 0.1) is 6.54 Å². The molecule has 0 aliphatic carbocycles. The number of hydrogen-bond acceptors (Lipinski definition) is 5. The summed E-state index contributed by atoms with van der Waals surface area (Å²) in [6.45, 7) is 1.05. The van der Waals surface area contributed by atoms with Crippen LogP contribution in [0, 0.1) is 5.21 Å². The lowest BCUT2D eigenvalue weighted by Crippen LogP contribution is -2.33. The van der Waals surface area contributed by atoms with Gasteiger partial charge in [0.15, 0.2) is 12.4 Å². The molecule has 2 aromatic rings. The Bertz CT molecular complexity index is 635. The quantitative estimate of drug-likeness (QED) is 0.602. The van der Waals surface area contributed by atoms with Gasteiger partial charge in [-0.1, -0.05) is 0 Å². The molecule has 3 heterocycles. The Morgan fingerprint density at radius 3 is 2.95 bits per heavy atom. The van der Waals surface area contributed by atoms with Crippen LogP contribution in [0.25, 0.3) is 0 Å². The highest BCUT2D eigenvalue weighted by Gasteiger charge is 2.29. The maximum atomic E-state index is 12.3. The highest BCUT2D eigenvalue weighted by Crippen LogP contribution is 2.16. The molecule has 0 aromatic carbocycles. The molecule has 2 aromatic heterocycles. The van der Waals surface area contributed by atoms with Crippen molar-refractivity contribution in [2.45, 2.75) is 12.5 Å². The van der Waals surface area contributed by atoms with Crippen LogP contribution < -0.4 is 9.47 Å². The molecule has 0 N–H and O–H groups in total. The SMILES string of the molecule is O=C(c1ccc[n+]([O-])c1)N1CCC(Oc2ncccn2)C1. The second kappa shape index (κ2) is 5.74. The summed E-state index contributed by atoms with van der Waals surface area (Å²) in [6.07, 6.45) is 6.43. The van der Waals surface area contributed by atoms with Gasteiger partial charge in [-0.2, -0.15) is 4.73 Å². The fraction of sp³-hybridized carbons (Fsp3) is 0.286. The van der Waals surface area contributed by atoms with Crippen LogP contribution in [0.3, 0.4) is 0 Å². The zero-order chi connectivity index (χ0) is 14.7. The first kappa shape index (κ1) is 13.3. The first-order valence-corrected chi connectivity index (χ1v) is 6.64. The molecule has 0 radical (unpaired) electrons. The van der Waals surface area contributed by atoms with Gasteiger partial charge in [0, 0.05) is 31.4 Å². The largest absolute Gasteiger partial charge is 0.619 e. The van der Waals surface area contributed by atoms with Crippen molar-refractivity contribution in [2.24, 2.45) is 0 Å². The molecule has 108 valence electrons. The topological polar surface area (TPSA) is 82.3 Å². The van der Waals surface area contributed by atoms with Crippen LogP contribution in [0.2, 0.25) is 0 Å². The van der Waals surface area contributed by atoms with E-state index >= 15 is 0 Å². The van der Waals surface area contributed by atoms with E-state index in [1.54, 1.807) is 35.5 Å². The van der Waals surface area contributed by atoms with Gasteiger partial charge in [0.1, 0.15) is 11.7 Å². The van der Waals surface area contributed by atoms with Gasteiger partial charge in [-0.05, 0) is 12.1 Å². The summed E-state index contributed by atoms with van der Waals surface area (Å²) >= 11 is 0. The fourth-order valence-electron chi connectivity index (χ4n) is 2.27. The van der Waals surface area contributed by atoms with Crippen LogP contribution in [0.4, 0.5) is 0 Å². The average molecular weight is 286 g/mol. The molecule has 0 spiro atoms. The number of carbonyl (C=O) groups is 1. The Morgan fingerprint density at radius 2 is 2.19 bits per heavy atom. The molecule has 7 nitrogen and oxygen atoms in total. The third-order valence-electron chi connectivity index (χ3n) is 3.27. The van der Waals surface area contributed by atoms with E-state index in [4.69, 9.17) is 4.74 Å². The van der Waals surface area contributed by atoms with Crippen molar-refractivity contribution in [2.75, 3.05) is 13.1 Å². The highest BCUT2D eigenvalue weighted by molar-refractivity contribution is 5.93. The molecule has 1 aliphatic rings. The number of amides is 1. The van der Waals surface area contributed by atoms with E-state index in [1.165, 1.54) is 12.4 Å². The number of nitrogens with zero attached hydrogens (tertiary/aromatic N) is 4. The van der Waals surface area contributed by atoms with Gasteiger partial charge in [-0.25, -0.2) is 9.97 Å². The van der Waals surface area contributed by atoms with Gasteiger partial charge in [-0.15, -0.1) is 0 Å². The molecular formula is C14H14N4O3. The number of likely N-dealkylation sites (tertiary alicyclic amines) is 1. The van der Waals surface area contributed by atoms with E-state index in [2.05, 4.69) is 9.97 Å². The lowest BCUT2D eigenvalue weighted by atomic mass is 10.2. The Hall–Kier alpha value is -2.70. The number of rotatable bonds is 3. The van der Waals surface area contributed by atoms with Crippen LogP contribution in [-0.4, -0.2) is 40.0 Å². The average Bonchev–Trinajstić information content (AvgIpc) is 2.96. The summed E-state index contributed by atoms with van der Waals surface area (Å²) in [7, 11) is 0. The smallest absolute Gasteiger partial charge is 0.316 e. The van der Waals surface area contributed by atoms with Crippen LogP contribution in [0.1, 0.15) is 16.8 Å². The number of pyridine rings is 1. The molecule has 0 saturated carbocycles. The summed E-state index contributed by atoms with van der Waals surface area (Å²) in [5, 5.41) is 11.2. The minimum atomic E-state index is -0.166. The number of hydrogen-bond donors (Lipinski definition) is 0. The normalized spacial score (nSPS) is 17.7. The minimum absolute atomic E-state index is 0.126. The maximum Gasteiger partial charge on any atom is 0.316 e. The van der Waals surface area contributed by atoms with E-state index < -0.39 is 0 Å². The van der Waals surface area contributed by atoms with Crippen molar-refractivity contribution in [1.29, 1.82) is 0 Å². The molecule has 1 fully saturated rings. The molecule has 1 saturated heterocycles. The number of aromatic nitrogens is 3. The van der Waals surface area contributed by atoms with E-state index in [0.29, 0.717) is 35.8 Å². The molecule has 21 heavy (non-hydrogen) atoms. The predicted octanol–water partition coefficient (Wildman–Crippen LogP) is 0.403. The van der Waals surface area contributed by atoms with Gasteiger partial charge in [-0.3, -0.25) is 4.79 Å². The van der Waals surface area contributed by atoms with Crippen LogP contribution in [-0.2, 0) is 0 Å². The molecule has 1 aliphatic heterocycles. The third kappa shape index (κ3) is 3.07. The van der Waals surface area contributed by atoms with Gasteiger partial charge < -0.3 is 14.8 Å². The van der Waals surface area contributed by atoms with Crippen molar-refractivity contribution in [3.05, 3.63) is 53.8 Å². The van der Waals surface area contributed by atoms with E-state index in [0.717, 1.165) is 0 Å². The third-order valence-corrected chi connectivity index (χ3v) is 3.27. The highest BCUT2D eigenvalue weighted by atomic mass is 16.5. The van der Waals surface area contributed by atoms with Crippen molar-refractivity contribution >= 4 is 5.91 Å². The molecular weight excluding hydrogens is 272 g/mol. The zero-order valence-corrected chi connectivity index (χ0v) is 11.3. The molecule has 7 heteroatoms. The molecule has 1 unspecified atom stereocenters. The molecule has 0 bridgehead atoms. The number of carbonyl (C=O) groups excluding carboxylic acids is 1. The van der Waals surface area contributed by atoms with Gasteiger partial charge in [0.25, 0.3) is 5.91 Å². The summed E-state index contributed by atoms with van der Waals surface area (Å²) in [6, 6.07) is 5.21. The lowest BCUT2D eigenvalue weighted by Gasteiger charge is -2.16. The first-order chi connectivity index (χ1) is 10.2. The fourth-order valence-corrected chi connectivity index (χ4v) is 2.27. The van der Waals surface area contributed by atoms with Crippen molar-refractivity contribution in [3.8, 4) is 6.01 Å². The lowest BCUT2D eigenvalue weighted by molar-refractivity contribution is -0.605. The standard InChI is InChI=1S/C14H14N4O3/c19-13(11-3-1-7-18(20)9-11)17-8-4-12(10-17)21-14-15-5-2-6-16-14/h1-3,5-7,9,12H,4,8,10H2. The summed E-state index contributed by atoms with van der Waals surface area (Å²) in [5.74, 6) is -0.166. The van der Waals surface area contributed by atoms with Gasteiger partial charge in [0.2, 0.25) is 0 Å². The second-order valence-corrected chi connectivity index (χ2v) is 4.76. The molecule has 1 amide bonds. The second-order valence-electron chi connectivity index (χ2n) is 4.76. The Kier molecular flexibility index (Phi) is 3.63. The Morgan fingerprint density at radius 1 is 1.38 bits per heavy atom. The maximum absolute atomic E-state index is 12.3. The predicted molar refractivity (Wildman–Crippen MR) is 72.4 cm³/mol.